The van der Waals surface area contributed by atoms with Gasteiger partial charge in [-0.05, 0) is 57.6 Å². The van der Waals surface area contributed by atoms with E-state index in [2.05, 4.69) is 42.2 Å². The van der Waals surface area contributed by atoms with Gasteiger partial charge in [0.05, 0.1) is 12.2 Å². The highest BCUT2D eigenvalue weighted by atomic mass is 79.9. The molecule has 0 saturated heterocycles. The summed E-state index contributed by atoms with van der Waals surface area (Å²) in [6.07, 6.45) is 0.235. The number of fused-ring (bicyclic) bond motifs is 5. The van der Waals surface area contributed by atoms with Gasteiger partial charge in [0.25, 0.3) is 5.91 Å². The molecule has 0 fully saturated rings. The summed E-state index contributed by atoms with van der Waals surface area (Å²) >= 11 is 3.70. The van der Waals surface area contributed by atoms with Gasteiger partial charge in [0.15, 0.2) is 23.5 Å². The molecule has 0 radical (unpaired) electrons. The van der Waals surface area contributed by atoms with Crippen molar-refractivity contribution in [3.8, 4) is 5.75 Å². The first-order valence-electron chi connectivity index (χ1n) is 19.1. The van der Waals surface area contributed by atoms with Crippen molar-refractivity contribution in [2.24, 2.45) is 5.92 Å². The number of oxazole rings is 1. The molecule has 3 aliphatic heterocycles. The Morgan fingerprint density at radius 2 is 1.81 bits per heavy atom. The monoisotopic (exact) mass is 842 g/mol. The number of anilines is 1. The van der Waals surface area contributed by atoms with Crippen molar-refractivity contribution < 1.29 is 33.1 Å². The van der Waals surface area contributed by atoms with E-state index in [9.17, 15) is 19.2 Å². The number of aryl methyl sites for hydroxylation is 1. The normalized spacial score (nSPS) is 20.2. The van der Waals surface area contributed by atoms with Crippen molar-refractivity contribution in [2.75, 3.05) is 11.9 Å². The van der Waals surface area contributed by atoms with Crippen molar-refractivity contribution >= 4 is 56.2 Å². The van der Waals surface area contributed by atoms with E-state index in [0.29, 0.717) is 22.4 Å². The molecule has 2 aromatic heterocycles. The molecular formula is C44H39BrN6O7. The number of benzene rings is 4. The number of carbonyl (C=O) groups excluding carboxylic acids is 4. The van der Waals surface area contributed by atoms with Crippen LogP contribution in [0, 0.1) is 12.8 Å². The molecule has 1 unspecified atom stereocenters. The zero-order chi connectivity index (χ0) is 40.3. The van der Waals surface area contributed by atoms with Crippen LogP contribution in [-0.4, -0.2) is 52.5 Å². The van der Waals surface area contributed by atoms with Gasteiger partial charge < -0.3 is 40.1 Å². The third kappa shape index (κ3) is 6.18. The van der Waals surface area contributed by atoms with Crippen molar-refractivity contribution in [3.63, 3.8) is 0 Å². The second-order valence-corrected chi connectivity index (χ2v) is 16.0. The molecule has 4 bridgehead atoms. The Labute approximate surface area is 341 Å². The van der Waals surface area contributed by atoms with Crippen molar-refractivity contribution in [1.29, 1.82) is 0 Å². The summed E-state index contributed by atoms with van der Waals surface area (Å²) in [5.41, 5.74) is 4.70. The Morgan fingerprint density at radius 3 is 2.62 bits per heavy atom. The van der Waals surface area contributed by atoms with E-state index >= 15 is 0 Å². The number of ketones is 1. The molecule has 5 N–H and O–H groups in total. The highest BCUT2D eigenvalue weighted by Gasteiger charge is 2.61. The van der Waals surface area contributed by atoms with Crippen molar-refractivity contribution in [2.45, 2.75) is 57.5 Å². The molecule has 294 valence electrons. The number of Topliss-reactive ketones (excluding diaryl/α,β-unsaturated/α-hetero) is 1. The standard InChI is InChI=1S/C44H39BrN6O7/c1-22(2)34-41-50-37(40(54)47-20-32(52)27-19-46-35-23(3)9-7-12-26(27)35)38(58-41)44-28-13-8-14-30(45)36(28)51-42(44)57-33-16-15-25(17-29(33)44)18-31(39(53)49-34)48-43(55)56-21-24-10-5-4-6-11-24/h4-17,19,22,31,34,42,46,51H,18,20-21H2,1-3H3,(H,47,54)(H,48,55)(H,49,53)/t31-,34-,42?,44-/m0/s1. The summed E-state index contributed by atoms with van der Waals surface area (Å²) in [5, 5.41) is 12.9. The lowest BCUT2D eigenvalue weighted by atomic mass is 9.72. The molecule has 13 nitrogen and oxygen atoms in total. The van der Waals surface area contributed by atoms with Crippen LogP contribution in [0.15, 0.2) is 100 Å². The van der Waals surface area contributed by atoms with Gasteiger partial charge in [-0.1, -0.05) is 86.6 Å². The van der Waals surface area contributed by atoms with E-state index in [4.69, 9.17) is 18.9 Å². The van der Waals surface area contributed by atoms with Crippen molar-refractivity contribution in [3.05, 3.63) is 146 Å². The number of ether oxygens (including phenoxy) is 2. The Bertz CT molecular complexity index is 2640. The molecule has 9 rings (SSSR count). The third-order valence-electron chi connectivity index (χ3n) is 11.2. The summed E-state index contributed by atoms with van der Waals surface area (Å²) in [7, 11) is 0. The highest BCUT2D eigenvalue weighted by Crippen LogP contribution is 2.59. The van der Waals surface area contributed by atoms with Crippen LogP contribution in [0.1, 0.15) is 80.2 Å². The van der Waals surface area contributed by atoms with E-state index in [1.165, 1.54) is 0 Å². The minimum Gasteiger partial charge on any atom is -0.469 e. The molecule has 6 aromatic rings. The number of rotatable bonds is 8. The predicted octanol–water partition coefficient (Wildman–Crippen LogP) is 6.98. The fourth-order valence-electron chi connectivity index (χ4n) is 8.28. The van der Waals surface area contributed by atoms with Crippen LogP contribution in [0.25, 0.3) is 10.9 Å². The van der Waals surface area contributed by atoms with Crippen LogP contribution in [-0.2, 0) is 28.0 Å². The summed E-state index contributed by atoms with van der Waals surface area (Å²) in [6.45, 7) is 5.45. The number of hydrogen-bond donors (Lipinski definition) is 5. The Hall–Kier alpha value is -6.41. The first-order valence-corrected chi connectivity index (χ1v) is 19.8. The van der Waals surface area contributed by atoms with E-state index in [1.54, 1.807) is 6.20 Å². The van der Waals surface area contributed by atoms with Crippen LogP contribution in [0.4, 0.5) is 10.5 Å². The second-order valence-electron chi connectivity index (χ2n) is 15.2. The van der Waals surface area contributed by atoms with Gasteiger partial charge in [-0.3, -0.25) is 14.4 Å². The molecular weight excluding hydrogens is 804 g/mol. The topological polar surface area (TPSA) is 177 Å². The lowest BCUT2D eigenvalue weighted by molar-refractivity contribution is -0.124. The maximum Gasteiger partial charge on any atom is 0.408 e. The number of aromatic nitrogens is 2. The number of carbonyl (C=O) groups is 4. The first-order chi connectivity index (χ1) is 28.0. The molecule has 1 spiro atoms. The maximum absolute atomic E-state index is 14.5. The minimum atomic E-state index is -1.25. The molecule has 3 aliphatic rings. The molecule has 0 aliphatic carbocycles. The van der Waals surface area contributed by atoms with E-state index in [0.717, 1.165) is 37.8 Å². The van der Waals surface area contributed by atoms with Crippen LogP contribution in [0.5, 0.6) is 5.75 Å². The van der Waals surface area contributed by atoms with Gasteiger partial charge >= 0.3 is 6.09 Å². The summed E-state index contributed by atoms with van der Waals surface area (Å²) < 4.78 is 19.7. The lowest BCUT2D eigenvalue weighted by Gasteiger charge is -2.28. The smallest absolute Gasteiger partial charge is 0.408 e. The maximum atomic E-state index is 14.5. The van der Waals surface area contributed by atoms with Gasteiger partial charge in [0.1, 0.15) is 29.9 Å². The van der Waals surface area contributed by atoms with E-state index in [-0.39, 0.29) is 48.6 Å². The highest BCUT2D eigenvalue weighted by molar-refractivity contribution is 9.10. The van der Waals surface area contributed by atoms with Gasteiger partial charge in [-0.25, -0.2) is 9.78 Å². The van der Waals surface area contributed by atoms with Crippen LogP contribution in [0.2, 0.25) is 0 Å². The second kappa shape index (κ2) is 14.5. The number of halogens is 1. The number of H-pyrrole nitrogens is 1. The Morgan fingerprint density at radius 1 is 1.00 bits per heavy atom. The summed E-state index contributed by atoms with van der Waals surface area (Å²) in [5.74, 6) is -0.899. The lowest BCUT2D eigenvalue weighted by Crippen LogP contribution is -2.49. The number of amides is 3. The average molecular weight is 844 g/mol. The third-order valence-corrected chi connectivity index (χ3v) is 11.8. The number of nitrogens with zero attached hydrogens (tertiary/aromatic N) is 1. The van der Waals surface area contributed by atoms with E-state index in [1.807, 2.05) is 106 Å². The molecule has 58 heavy (non-hydrogen) atoms. The molecule has 0 saturated carbocycles. The van der Waals surface area contributed by atoms with E-state index < -0.39 is 41.6 Å². The molecule has 14 heteroatoms. The van der Waals surface area contributed by atoms with Gasteiger partial charge in [0.2, 0.25) is 11.8 Å². The number of hydrogen-bond acceptors (Lipinski definition) is 9. The van der Waals surface area contributed by atoms with Gasteiger partial charge in [0, 0.05) is 44.7 Å². The first kappa shape index (κ1) is 37.2. The zero-order valence-corrected chi connectivity index (χ0v) is 33.4. The molecule has 3 amide bonds. The molecule has 4 aromatic carbocycles. The van der Waals surface area contributed by atoms with Crippen LogP contribution in [0.3, 0.4) is 0 Å². The van der Waals surface area contributed by atoms with Crippen molar-refractivity contribution in [1.82, 2.24) is 25.9 Å². The van der Waals surface area contributed by atoms with Gasteiger partial charge in [-0.2, -0.15) is 0 Å². The Balaban J connectivity index is 1.13. The number of alkyl carbamates (subject to hydrolysis) is 1. The number of nitrogens with one attached hydrogen (secondary N) is 5. The fraction of sp³-hybridized carbons (Fsp3) is 0.250. The largest absolute Gasteiger partial charge is 0.469 e. The van der Waals surface area contributed by atoms with Crippen LogP contribution < -0.4 is 26.0 Å². The molecule has 4 atom stereocenters. The molecule has 5 heterocycles. The fourth-order valence-corrected chi connectivity index (χ4v) is 8.76. The average Bonchev–Trinajstić information content (AvgIpc) is 3.99. The number of aromatic amines is 1. The Kier molecular flexibility index (Phi) is 9.30. The number of para-hydroxylation sites is 2. The predicted molar refractivity (Wildman–Crippen MR) is 218 cm³/mol. The summed E-state index contributed by atoms with van der Waals surface area (Å²) in [4.78, 5) is 63.6. The minimum absolute atomic E-state index is 0.0225. The summed E-state index contributed by atoms with van der Waals surface area (Å²) in [6, 6.07) is 24.4. The van der Waals surface area contributed by atoms with Gasteiger partial charge in [-0.15, -0.1) is 0 Å². The van der Waals surface area contributed by atoms with Crippen LogP contribution >= 0.6 is 15.9 Å². The quantitative estimate of drug-likeness (QED) is 0.101. The SMILES string of the molecule is Cc1cccc2c(C(=O)CNC(=O)c3nc4oc3[C@]35c6cc(ccc6OC3Nc3c(Br)cccc35)C[C@H](NC(=O)OCc3ccccc3)C(=O)N[C@H]4C(C)C)c[nH]c12. The zero-order valence-electron chi connectivity index (χ0n) is 31.8.